The van der Waals surface area contributed by atoms with E-state index in [1.807, 2.05) is 19.9 Å². The largest absolute Gasteiger partial charge is 0.497 e. The van der Waals surface area contributed by atoms with Gasteiger partial charge in [-0.1, -0.05) is 29.8 Å². The number of nitrogens with one attached hydrogen (secondary N) is 1. The molecule has 4 rings (SSSR count). The Balaban J connectivity index is 1.78. The number of rotatable bonds is 6. The third-order valence-corrected chi connectivity index (χ3v) is 6.99. The Kier molecular flexibility index (Phi) is 6.86. The van der Waals surface area contributed by atoms with Gasteiger partial charge in [0.15, 0.2) is 5.75 Å². The number of anilines is 1. The number of carbonyl (C=O) groups is 3. The number of barbiturate groups is 1. The van der Waals surface area contributed by atoms with Crippen molar-refractivity contribution >= 4 is 39.7 Å². The summed E-state index contributed by atoms with van der Waals surface area (Å²) in [5.41, 5.74) is 2.41. The maximum Gasteiger partial charge on any atom is 0.339 e. The zero-order chi connectivity index (χ0) is 26.9. The molecule has 0 radical (unpaired) electrons. The van der Waals surface area contributed by atoms with Crippen molar-refractivity contribution in [1.29, 1.82) is 0 Å². The van der Waals surface area contributed by atoms with Crippen LogP contribution in [0, 0.1) is 20.8 Å². The quantitative estimate of drug-likeness (QED) is 0.296. The van der Waals surface area contributed by atoms with Crippen molar-refractivity contribution in [3.63, 3.8) is 0 Å². The van der Waals surface area contributed by atoms with Gasteiger partial charge in [-0.15, -0.1) is 0 Å². The summed E-state index contributed by atoms with van der Waals surface area (Å²) in [4.78, 5) is 39.5. The average Bonchev–Trinajstić information content (AvgIpc) is 2.84. The van der Waals surface area contributed by atoms with Gasteiger partial charge in [0.25, 0.3) is 11.8 Å². The van der Waals surface area contributed by atoms with Crippen LogP contribution in [-0.4, -0.2) is 33.4 Å². The molecule has 37 heavy (non-hydrogen) atoms. The molecule has 1 heterocycles. The Bertz CT molecular complexity index is 1560. The fourth-order valence-corrected chi connectivity index (χ4v) is 4.64. The van der Waals surface area contributed by atoms with Crippen molar-refractivity contribution in [3.8, 4) is 11.5 Å². The number of benzene rings is 3. The van der Waals surface area contributed by atoms with E-state index in [-0.39, 0.29) is 21.8 Å². The van der Waals surface area contributed by atoms with Crippen LogP contribution in [0.4, 0.5) is 10.5 Å². The standard InChI is InChI=1S/C27H24N2O7S/c1-16-6-11-21(12-7-16)37(33,34)36-24-15-20(35-4)10-9-19(24)14-22-25(30)28-27(32)29(26(22)31)23-13-17(2)5-8-18(23)3/h5-15H,1-4H3,(H,28,30,32)/b22-14+. The lowest BCUT2D eigenvalue weighted by molar-refractivity contribution is -0.122. The van der Waals surface area contributed by atoms with Crippen molar-refractivity contribution in [3.05, 3.63) is 88.5 Å². The highest BCUT2D eigenvalue weighted by molar-refractivity contribution is 7.87. The van der Waals surface area contributed by atoms with E-state index in [4.69, 9.17) is 8.92 Å². The molecule has 4 amide bonds. The molecule has 3 aromatic carbocycles. The van der Waals surface area contributed by atoms with E-state index in [0.717, 1.165) is 16.0 Å². The Labute approximate surface area is 214 Å². The summed E-state index contributed by atoms with van der Waals surface area (Å²) < 4.78 is 36.5. The van der Waals surface area contributed by atoms with Crippen LogP contribution in [0.1, 0.15) is 22.3 Å². The first-order chi connectivity index (χ1) is 17.5. The Morgan fingerprint density at radius 3 is 2.22 bits per heavy atom. The summed E-state index contributed by atoms with van der Waals surface area (Å²) in [7, 11) is -2.85. The van der Waals surface area contributed by atoms with E-state index in [9.17, 15) is 22.8 Å². The molecule has 0 aromatic heterocycles. The van der Waals surface area contributed by atoms with Crippen molar-refractivity contribution in [2.75, 3.05) is 12.0 Å². The van der Waals surface area contributed by atoms with Gasteiger partial charge in [0.1, 0.15) is 16.2 Å². The first kappa shape index (κ1) is 25.6. The van der Waals surface area contributed by atoms with Crippen LogP contribution in [0.3, 0.4) is 0 Å². The highest BCUT2D eigenvalue weighted by Crippen LogP contribution is 2.32. The molecule has 1 N–H and O–H groups in total. The van der Waals surface area contributed by atoms with Crippen molar-refractivity contribution in [2.24, 2.45) is 0 Å². The van der Waals surface area contributed by atoms with Crippen molar-refractivity contribution in [1.82, 2.24) is 5.32 Å². The number of methoxy groups -OCH3 is 1. The van der Waals surface area contributed by atoms with Gasteiger partial charge in [-0.05, 0) is 68.3 Å². The molecule has 10 heteroatoms. The molecule has 1 aliphatic heterocycles. The number of aryl methyl sites for hydroxylation is 3. The van der Waals surface area contributed by atoms with Crippen LogP contribution in [0.5, 0.6) is 11.5 Å². The third kappa shape index (κ3) is 5.24. The molecule has 0 bridgehead atoms. The molecule has 0 spiro atoms. The molecule has 1 aliphatic rings. The minimum Gasteiger partial charge on any atom is -0.497 e. The first-order valence-corrected chi connectivity index (χ1v) is 12.6. The summed E-state index contributed by atoms with van der Waals surface area (Å²) in [6.07, 6.45) is 1.18. The Morgan fingerprint density at radius 1 is 0.865 bits per heavy atom. The van der Waals surface area contributed by atoms with E-state index in [0.29, 0.717) is 17.0 Å². The predicted octanol–water partition coefficient (Wildman–Crippen LogP) is 4.05. The monoisotopic (exact) mass is 520 g/mol. The van der Waals surface area contributed by atoms with Gasteiger partial charge < -0.3 is 8.92 Å². The maximum absolute atomic E-state index is 13.4. The number of carbonyl (C=O) groups excluding carboxylic acids is 3. The number of ether oxygens (including phenoxy) is 1. The summed E-state index contributed by atoms with van der Waals surface area (Å²) in [5, 5.41) is 2.17. The van der Waals surface area contributed by atoms with Gasteiger partial charge in [-0.3, -0.25) is 14.9 Å². The molecule has 0 aliphatic carbocycles. The minimum absolute atomic E-state index is 0.0716. The smallest absolute Gasteiger partial charge is 0.339 e. The molecule has 1 fully saturated rings. The van der Waals surface area contributed by atoms with E-state index >= 15 is 0 Å². The topological polar surface area (TPSA) is 119 Å². The molecule has 1 saturated heterocycles. The lowest BCUT2D eigenvalue weighted by atomic mass is 10.0. The van der Waals surface area contributed by atoms with Crippen LogP contribution in [0.15, 0.2) is 71.1 Å². The molecular formula is C27H24N2O7S. The highest BCUT2D eigenvalue weighted by atomic mass is 32.2. The number of hydrogen-bond acceptors (Lipinski definition) is 7. The number of nitrogens with zero attached hydrogens (tertiary/aromatic N) is 1. The fourth-order valence-electron chi connectivity index (χ4n) is 3.70. The normalized spacial score (nSPS) is 15.1. The van der Waals surface area contributed by atoms with Gasteiger partial charge in [0.2, 0.25) is 0 Å². The molecule has 0 saturated carbocycles. The first-order valence-electron chi connectivity index (χ1n) is 11.2. The third-order valence-electron chi connectivity index (χ3n) is 5.74. The van der Waals surface area contributed by atoms with Gasteiger partial charge >= 0.3 is 16.1 Å². The maximum atomic E-state index is 13.4. The van der Waals surface area contributed by atoms with Crippen LogP contribution >= 0.6 is 0 Å². The zero-order valence-electron chi connectivity index (χ0n) is 20.6. The van der Waals surface area contributed by atoms with E-state index in [1.54, 1.807) is 31.2 Å². The molecule has 3 aromatic rings. The van der Waals surface area contributed by atoms with E-state index in [1.165, 1.54) is 43.5 Å². The Hall–Kier alpha value is -4.44. The van der Waals surface area contributed by atoms with Gasteiger partial charge in [0, 0.05) is 11.6 Å². The second kappa shape index (κ2) is 9.90. The molecule has 9 nitrogen and oxygen atoms in total. The molecule has 0 unspecified atom stereocenters. The van der Waals surface area contributed by atoms with E-state index in [2.05, 4.69) is 5.32 Å². The van der Waals surface area contributed by atoms with Crippen molar-refractivity contribution < 1.29 is 31.7 Å². The number of hydrogen-bond donors (Lipinski definition) is 1. The second-order valence-corrected chi connectivity index (χ2v) is 10.0. The number of amides is 4. The van der Waals surface area contributed by atoms with Crippen molar-refractivity contribution in [2.45, 2.75) is 25.7 Å². The molecular weight excluding hydrogens is 496 g/mol. The Morgan fingerprint density at radius 2 is 1.54 bits per heavy atom. The van der Waals surface area contributed by atoms with Gasteiger partial charge in [-0.2, -0.15) is 8.42 Å². The number of imide groups is 2. The van der Waals surface area contributed by atoms with Crippen LogP contribution in [0.2, 0.25) is 0 Å². The number of urea groups is 1. The summed E-state index contributed by atoms with van der Waals surface area (Å²) in [6.45, 7) is 5.37. The molecule has 0 atom stereocenters. The average molecular weight is 521 g/mol. The van der Waals surface area contributed by atoms with Crippen LogP contribution < -0.4 is 19.1 Å². The second-order valence-electron chi connectivity index (χ2n) is 8.50. The van der Waals surface area contributed by atoms with Gasteiger partial charge in [-0.25, -0.2) is 9.69 Å². The summed E-state index contributed by atoms with van der Waals surface area (Å²) in [5.74, 6) is -1.64. The lowest BCUT2D eigenvalue weighted by Gasteiger charge is -2.28. The fraction of sp³-hybridized carbons (Fsp3) is 0.148. The van der Waals surface area contributed by atoms with Crippen LogP contribution in [-0.2, 0) is 19.7 Å². The van der Waals surface area contributed by atoms with Crippen LogP contribution in [0.25, 0.3) is 6.08 Å². The summed E-state index contributed by atoms with van der Waals surface area (Å²) in [6, 6.07) is 14.8. The minimum atomic E-state index is -4.25. The van der Waals surface area contributed by atoms with Gasteiger partial charge in [0.05, 0.1) is 12.8 Å². The highest BCUT2D eigenvalue weighted by Gasteiger charge is 2.37. The molecule has 190 valence electrons. The SMILES string of the molecule is COc1ccc(/C=C2\C(=O)NC(=O)N(c3cc(C)ccc3C)C2=O)c(OS(=O)(=O)c2ccc(C)cc2)c1. The summed E-state index contributed by atoms with van der Waals surface area (Å²) >= 11 is 0. The zero-order valence-corrected chi connectivity index (χ0v) is 21.4. The lowest BCUT2D eigenvalue weighted by Crippen LogP contribution is -2.54. The predicted molar refractivity (Wildman–Crippen MR) is 137 cm³/mol. The van der Waals surface area contributed by atoms with E-state index < -0.39 is 28.0 Å².